The van der Waals surface area contributed by atoms with Crippen molar-refractivity contribution in [3.63, 3.8) is 0 Å². The highest BCUT2D eigenvalue weighted by atomic mass is 35.5. The third-order valence-corrected chi connectivity index (χ3v) is 6.93. The lowest BCUT2D eigenvalue weighted by atomic mass is 9.72. The number of ether oxygens (including phenoxy) is 1. The minimum atomic E-state index is -0.530. The van der Waals surface area contributed by atoms with Gasteiger partial charge in [-0.05, 0) is 50.3 Å². The number of carbonyl (C=O) groups excluding carboxylic acids is 2. The number of allylic oxidation sites excluding steroid dienone is 3. The number of dihydropyridines is 1. The third kappa shape index (κ3) is 3.84. The van der Waals surface area contributed by atoms with E-state index < -0.39 is 11.9 Å². The van der Waals surface area contributed by atoms with Crippen LogP contribution in [0.1, 0.15) is 55.9 Å². The SMILES string of the molecule is CC1=C(C(=O)OC(C)C)C(c2ccccc2Cl)C2=C(CC(c3cccs3)CC2=O)N1. The van der Waals surface area contributed by atoms with E-state index in [0.717, 1.165) is 17.7 Å². The van der Waals surface area contributed by atoms with Gasteiger partial charge in [-0.2, -0.15) is 0 Å². The second-order valence-corrected chi connectivity index (χ2v) is 9.39. The van der Waals surface area contributed by atoms with Crippen LogP contribution in [0.4, 0.5) is 0 Å². The summed E-state index contributed by atoms with van der Waals surface area (Å²) in [4.78, 5) is 27.7. The number of nitrogens with one attached hydrogen (secondary N) is 1. The number of hydrogen-bond acceptors (Lipinski definition) is 5. The van der Waals surface area contributed by atoms with Crippen molar-refractivity contribution in [3.05, 3.63) is 79.8 Å². The van der Waals surface area contributed by atoms with Crippen LogP contribution >= 0.6 is 22.9 Å². The van der Waals surface area contributed by atoms with E-state index in [0.29, 0.717) is 28.3 Å². The molecule has 0 fully saturated rings. The number of halogens is 1. The molecule has 0 bridgehead atoms. The van der Waals surface area contributed by atoms with Crippen molar-refractivity contribution >= 4 is 34.7 Å². The van der Waals surface area contributed by atoms with Gasteiger partial charge in [0.25, 0.3) is 0 Å². The van der Waals surface area contributed by atoms with Crippen molar-refractivity contribution in [2.24, 2.45) is 0 Å². The highest BCUT2D eigenvalue weighted by molar-refractivity contribution is 7.10. The fourth-order valence-electron chi connectivity index (χ4n) is 4.33. The normalized spacial score (nSPS) is 21.6. The third-order valence-electron chi connectivity index (χ3n) is 5.55. The summed E-state index contributed by atoms with van der Waals surface area (Å²) in [7, 11) is 0. The minimum absolute atomic E-state index is 0.0504. The van der Waals surface area contributed by atoms with E-state index in [2.05, 4.69) is 11.4 Å². The zero-order valence-electron chi connectivity index (χ0n) is 17.2. The molecule has 4 rings (SSSR count). The Morgan fingerprint density at radius 1 is 1.20 bits per heavy atom. The summed E-state index contributed by atoms with van der Waals surface area (Å²) in [5.41, 5.74) is 3.44. The van der Waals surface area contributed by atoms with Gasteiger partial charge in [-0.3, -0.25) is 4.79 Å². The molecule has 156 valence electrons. The van der Waals surface area contributed by atoms with Gasteiger partial charge in [-0.15, -0.1) is 11.3 Å². The van der Waals surface area contributed by atoms with E-state index in [9.17, 15) is 9.59 Å². The molecule has 0 saturated heterocycles. The molecular weight excluding hydrogens is 418 g/mol. The Kier molecular flexibility index (Phi) is 5.85. The van der Waals surface area contributed by atoms with E-state index in [-0.39, 0.29) is 17.8 Å². The van der Waals surface area contributed by atoms with Gasteiger partial charge in [0.15, 0.2) is 5.78 Å². The smallest absolute Gasteiger partial charge is 0.337 e. The lowest BCUT2D eigenvalue weighted by molar-refractivity contribution is -0.143. The second-order valence-electron chi connectivity index (χ2n) is 8.01. The van der Waals surface area contributed by atoms with Gasteiger partial charge >= 0.3 is 5.97 Å². The van der Waals surface area contributed by atoms with Gasteiger partial charge in [0.05, 0.1) is 11.7 Å². The van der Waals surface area contributed by atoms with Gasteiger partial charge in [0.2, 0.25) is 0 Å². The maximum absolute atomic E-state index is 13.4. The molecule has 2 unspecified atom stereocenters. The number of hydrogen-bond donors (Lipinski definition) is 1. The molecule has 0 spiro atoms. The summed E-state index contributed by atoms with van der Waals surface area (Å²) in [6.07, 6.45) is 0.894. The molecule has 1 aliphatic carbocycles. The van der Waals surface area contributed by atoms with Crippen LogP contribution in [0.2, 0.25) is 5.02 Å². The van der Waals surface area contributed by atoms with Crippen LogP contribution in [0.15, 0.2) is 64.3 Å². The molecule has 1 N–H and O–H groups in total. The topological polar surface area (TPSA) is 55.4 Å². The van der Waals surface area contributed by atoms with E-state index >= 15 is 0 Å². The van der Waals surface area contributed by atoms with Gasteiger partial charge < -0.3 is 10.1 Å². The van der Waals surface area contributed by atoms with Crippen LogP contribution in [-0.4, -0.2) is 17.9 Å². The van der Waals surface area contributed by atoms with E-state index in [4.69, 9.17) is 16.3 Å². The molecule has 0 amide bonds. The Morgan fingerprint density at radius 3 is 2.63 bits per heavy atom. The van der Waals surface area contributed by atoms with E-state index in [1.165, 1.54) is 4.88 Å². The van der Waals surface area contributed by atoms with Crippen molar-refractivity contribution < 1.29 is 14.3 Å². The Hall–Kier alpha value is -2.37. The Bertz CT molecular complexity index is 1050. The standard InChI is InChI=1S/C24H24ClNO3S/c1-13(2)29-24(28)21-14(3)26-18-11-15(20-9-6-10-30-20)12-19(27)23(18)22(21)16-7-4-5-8-17(16)25/h4-10,13,15,22,26H,11-12H2,1-3H3. The van der Waals surface area contributed by atoms with Crippen molar-refractivity contribution in [2.45, 2.75) is 51.6 Å². The fraction of sp³-hybridized carbons (Fsp3) is 0.333. The average molecular weight is 442 g/mol. The van der Waals surface area contributed by atoms with Crippen molar-refractivity contribution in [1.29, 1.82) is 0 Å². The molecule has 2 atom stereocenters. The molecule has 6 heteroatoms. The lowest BCUT2D eigenvalue weighted by Gasteiger charge is -2.36. The van der Waals surface area contributed by atoms with E-state index in [1.807, 2.05) is 50.4 Å². The maximum atomic E-state index is 13.4. The van der Waals surface area contributed by atoms with Crippen LogP contribution < -0.4 is 5.32 Å². The molecule has 1 aromatic heterocycles. The quantitative estimate of drug-likeness (QED) is 0.617. The Morgan fingerprint density at radius 2 is 1.97 bits per heavy atom. The van der Waals surface area contributed by atoms with Crippen molar-refractivity contribution in [1.82, 2.24) is 5.32 Å². The van der Waals surface area contributed by atoms with Crippen molar-refractivity contribution in [2.75, 3.05) is 0 Å². The number of benzene rings is 1. The molecule has 2 aromatic rings. The van der Waals surface area contributed by atoms with Crippen LogP contribution in [0.5, 0.6) is 0 Å². The molecule has 1 aromatic carbocycles. The molecule has 0 radical (unpaired) electrons. The molecule has 0 saturated carbocycles. The number of rotatable bonds is 4. The summed E-state index contributed by atoms with van der Waals surface area (Å²) in [6.45, 7) is 5.50. The van der Waals surface area contributed by atoms with Gasteiger partial charge in [-0.25, -0.2) is 4.79 Å². The van der Waals surface area contributed by atoms with Crippen LogP contribution in [0.25, 0.3) is 0 Å². The maximum Gasteiger partial charge on any atom is 0.337 e. The monoisotopic (exact) mass is 441 g/mol. The second kappa shape index (κ2) is 8.40. The highest BCUT2D eigenvalue weighted by Gasteiger charge is 2.42. The highest BCUT2D eigenvalue weighted by Crippen LogP contribution is 2.47. The first-order chi connectivity index (χ1) is 14.4. The Labute approximate surface area is 185 Å². The molecule has 2 heterocycles. The molecule has 2 aliphatic rings. The number of ketones is 1. The first-order valence-corrected chi connectivity index (χ1v) is 11.4. The predicted molar refractivity (Wildman–Crippen MR) is 120 cm³/mol. The zero-order chi connectivity index (χ0) is 21.4. The molecule has 30 heavy (non-hydrogen) atoms. The van der Waals surface area contributed by atoms with Crippen LogP contribution in [-0.2, 0) is 14.3 Å². The van der Waals surface area contributed by atoms with Gasteiger partial charge in [-0.1, -0.05) is 35.9 Å². The minimum Gasteiger partial charge on any atom is -0.460 e. The summed E-state index contributed by atoms with van der Waals surface area (Å²) < 4.78 is 5.53. The molecular formula is C24H24ClNO3S. The summed E-state index contributed by atoms with van der Waals surface area (Å²) in [5.74, 6) is -0.750. The number of thiophene rings is 1. The lowest BCUT2D eigenvalue weighted by Crippen LogP contribution is -2.36. The Balaban J connectivity index is 1.83. The van der Waals surface area contributed by atoms with Gasteiger partial charge in [0, 0.05) is 45.1 Å². The van der Waals surface area contributed by atoms with Crippen molar-refractivity contribution in [3.8, 4) is 0 Å². The average Bonchev–Trinajstić information content (AvgIpc) is 3.21. The largest absolute Gasteiger partial charge is 0.460 e. The molecule has 4 nitrogen and oxygen atoms in total. The van der Waals surface area contributed by atoms with Gasteiger partial charge in [0.1, 0.15) is 0 Å². The van der Waals surface area contributed by atoms with Crippen LogP contribution in [0.3, 0.4) is 0 Å². The number of esters is 1. The number of Topliss-reactive ketones (excluding diaryl/α,β-unsaturated/α-hetero) is 1. The number of carbonyl (C=O) groups is 2. The summed E-state index contributed by atoms with van der Waals surface area (Å²) in [6, 6.07) is 11.5. The summed E-state index contributed by atoms with van der Waals surface area (Å²) >= 11 is 8.22. The first-order valence-electron chi connectivity index (χ1n) is 10.1. The fourth-order valence-corrected chi connectivity index (χ4v) is 5.41. The zero-order valence-corrected chi connectivity index (χ0v) is 18.8. The predicted octanol–water partition coefficient (Wildman–Crippen LogP) is 5.71. The first kappa shape index (κ1) is 20.9. The van der Waals surface area contributed by atoms with E-state index in [1.54, 1.807) is 17.4 Å². The molecule has 1 aliphatic heterocycles. The summed E-state index contributed by atoms with van der Waals surface area (Å²) in [5, 5.41) is 5.93. The van der Waals surface area contributed by atoms with Crippen LogP contribution in [0, 0.1) is 0 Å².